The summed E-state index contributed by atoms with van der Waals surface area (Å²) in [6.45, 7) is 6.35. The molecule has 0 aliphatic carbocycles. The van der Waals surface area contributed by atoms with Crippen LogP contribution >= 0.6 is 0 Å². The number of hydrogen-bond acceptors (Lipinski definition) is 2. The molecular formula is C18H22O2. The van der Waals surface area contributed by atoms with E-state index in [1.165, 1.54) is 16.7 Å². The molecule has 0 saturated heterocycles. The topological polar surface area (TPSA) is 40.5 Å². The maximum absolute atomic E-state index is 9.86. The maximum atomic E-state index is 9.86. The predicted molar refractivity (Wildman–Crippen MR) is 83.3 cm³/mol. The molecule has 0 heterocycles. The zero-order valence-electron chi connectivity index (χ0n) is 12.4. The SMILES string of the molecule is CCc1cc(O)c(O)cc1-c1c(CC)cccc1CC. The van der Waals surface area contributed by atoms with Gasteiger partial charge in [-0.05, 0) is 59.2 Å². The summed E-state index contributed by atoms with van der Waals surface area (Å²) in [6, 6.07) is 9.74. The zero-order valence-corrected chi connectivity index (χ0v) is 12.4. The third-order valence-electron chi connectivity index (χ3n) is 3.85. The van der Waals surface area contributed by atoms with Gasteiger partial charge in [-0.2, -0.15) is 0 Å². The average Bonchev–Trinajstić information content (AvgIpc) is 2.48. The predicted octanol–water partition coefficient (Wildman–Crippen LogP) is 4.45. The second-order valence-electron chi connectivity index (χ2n) is 5.01. The summed E-state index contributed by atoms with van der Waals surface area (Å²) in [5, 5.41) is 19.6. The van der Waals surface area contributed by atoms with Gasteiger partial charge in [-0.1, -0.05) is 39.0 Å². The van der Waals surface area contributed by atoms with Crippen molar-refractivity contribution in [3.63, 3.8) is 0 Å². The van der Waals surface area contributed by atoms with Crippen LogP contribution in [0.25, 0.3) is 11.1 Å². The lowest BCUT2D eigenvalue weighted by atomic mass is 9.88. The number of rotatable bonds is 4. The van der Waals surface area contributed by atoms with E-state index in [2.05, 4.69) is 39.0 Å². The first-order valence-electron chi connectivity index (χ1n) is 7.28. The second kappa shape index (κ2) is 6.00. The lowest BCUT2D eigenvalue weighted by Crippen LogP contribution is -1.97. The van der Waals surface area contributed by atoms with Crippen LogP contribution in [0.2, 0.25) is 0 Å². The Morgan fingerprint density at radius 1 is 0.750 bits per heavy atom. The van der Waals surface area contributed by atoms with Gasteiger partial charge in [0.2, 0.25) is 0 Å². The molecular weight excluding hydrogens is 248 g/mol. The van der Waals surface area contributed by atoms with Crippen molar-refractivity contribution in [1.29, 1.82) is 0 Å². The van der Waals surface area contributed by atoms with Crippen molar-refractivity contribution in [1.82, 2.24) is 0 Å². The fourth-order valence-electron chi connectivity index (χ4n) is 2.73. The van der Waals surface area contributed by atoms with Gasteiger partial charge in [0.05, 0.1) is 0 Å². The molecule has 0 radical (unpaired) electrons. The van der Waals surface area contributed by atoms with Crippen LogP contribution in [-0.4, -0.2) is 10.2 Å². The molecule has 0 aliphatic rings. The Hall–Kier alpha value is -1.96. The van der Waals surface area contributed by atoms with E-state index in [4.69, 9.17) is 0 Å². The number of benzene rings is 2. The Balaban J connectivity index is 2.76. The smallest absolute Gasteiger partial charge is 0.158 e. The molecule has 106 valence electrons. The molecule has 2 N–H and O–H groups in total. The molecule has 0 aliphatic heterocycles. The Morgan fingerprint density at radius 3 is 1.75 bits per heavy atom. The largest absolute Gasteiger partial charge is 0.504 e. The molecule has 0 amide bonds. The van der Waals surface area contributed by atoms with Crippen molar-refractivity contribution < 1.29 is 10.2 Å². The summed E-state index contributed by atoms with van der Waals surface area (Å²) < 4.78 is 0. The monoisotopic (exact) mass is 270 g/mol. The van der Waals surface area contributed by atoms with Crippen LogP contribution in [-0.2, 0) is 19.3 Å². The van der Waals surface area contributed by atoms with Gasteiger partial charge in [-0.15, -0.1) is 0 Å². The van der Waals surface area contributed by atoms with E-state index in [9.17, 15) is 10.2 Å². The van der Waals surface area contributed by atoms with Crippen molar-refractivity contribution in [2.75, 3.05) is 0 Å². The Labute approximate surface area is 120 Å². The summed E-state index contributed by atoms with van der Waals surface area (Å²) in [7, 11) is 0. The van der Waals surface area contributed by atoms with E-state index >= 15 is 0 Å². The molecule has 0 aromatic heterocycles. The van der Waals surface area contributed by atoms with Crippen LogP contribution in [0.4, 0.5) is 0 Å². The normalized spacial score (nSPS) is 10.8. The average molecular weight is 270 g/mol. The minimum absolute atomic E-state index is 0.0439. The molecule has 2 heteroatoms. The number of phenolic OH excluding ortho intramolecular Hbond substituents is 2. The van der Waals surface area contributed by atoms with Crippen molar-refractivity contribution in [2.24, 2.45) is 0 Å². The van der Waals surface area contributed by atoms with Gasteiger partial charge < -0.3 is 10.2 Å². The summed E-state index contributed by atoms with van der Waals surface area (Å²) in [5.41, 5.74) is 5.88. The summed E-state index contributed by atoms with van der Waals surface area (Å²) in [5.74, 6) is -0.0946. The Kier molecular flexibility index (Phi) is 4.33. The van der Waals surface area contributed by atoms with Crippen LogP contribution in [0.3, 0.4) is 0 Å². The standard InChI is InChI=1S/C18H22O2/c1-4-12-8-7-9-13(5-2)18(12)15-11-17(20)16(19)10-14(15)6-3/h7-11,19-20H,4-6H2,1-3H3. The van der Waals surface area contributed by atoms with Crippen LogP contribution in [0.1, 0.15) is 37.5 Å². The van der Waals surface area contributed by atoms with Crippen LogP contribution < -0.4 is 0 Å². The molecule has 0 bridgehead atoms. The molecule has 0 spiro atoms. The minimum atomic E-state index is -0.0508. The first kappa shape index (κ1) is 14.4. The van der Waals surface area contributed by atoms with E-state index < -0.39 is 0 Å². The van der Waals surface area contributed by atoms with E-state index in [0.717, 1.165) is 30.4 Å². The molecule has 0 fully saturated rings. The van der Waals surface area contributed by atoms with E-state index in [1.54, 1.807) is 12.1 Å². The lowest BCUT2D eigenvalue weighted by molar-refractivity contribution is 0.403. The van der Waals surface area contributed by atoms with Crippen molar-refractivity contribution >= 4 is 0 Å². The quantitative estimate of drug-likeness (QED) is 0.806. The van der Waals surface area contributed by atoms with Gasteiger partial charge in [0.25, 0.3) is 0 Å². The highest BCUT2D eigenvalue weighted by atomic mass is 16.3. The Bertz CT molecular complexity index is 593. The van der Waals surface area contributed by atoms with Gasteiger partial charge in [-0.3, -0.25) is 0 Å². The van der Waals surface area contributed by atoms with Gasteiger partial charge >= 0.3 is 0 Å². The third-order valence-corrected chi connectivity index (χ3v) is 3.85. The second-order valence-corrected chi connectivity index (χ2v) is 5.01. The Morgan fingerprint density at radius 2 is 1.25 bits per heavy atom. The number of hydrogen-bond donors (Lipinski definition) is 2. The van der Waals surface area contributed by atoms with Gasteiger partial charge in [0.15, 0.2) is 11.5 Å². The highest BCUT2D eigenvalue weighted by Crippen LogP contribution is 2.38. The molecule has 20 heavy (non-hydrogen) atoms. The summed E-state index contributed by atoms with van der Waals surface area (Å²) >= 11 is 0. The maximum Gasteiger partial charge on any atom is 0.158 e. The first-order valence-corrected chi connectivity index (χ1v) is 7.28. The fourth-order valence-corrected chi connectivity index (χ4v) is 2.73. The molecule has 0 atom stereocenters. The zero-order chi connectivity index (χ0) is 14.7. The highest BCUT2D eigenvalue weighted by Gasteiger charge is 2.14. The fraction of sp³-hybridized carbons (Fsp3) is 0.333. The highest BCUT2D eigenvalue weighted by molar-refractivity contribution is 5.76. The van der Waals surface area contributed by atoms with Crippen LogP contribution in [0.5, 0.6) is 11.5 Å². The number of aryl methyl sites for hydroxylation is 3. The van der Waals surface area contributed by atoms with Crippen molar-refractivity contribution in [3.8, 4) is 22.6 Å². The third kappa shape index (κ3) is 2.51. The minimum Gasteiger partial charge on any atom is -0.504 e. The molecule has 2 aromatic carbocycles. The number of aromatic hydroxyl groups is 2. The summed E-state index contributed by atoms with van der Waals surface area (Å²) in [4.78, 5) is 0. The van der Waals surface area contributed by atoms with Crippen molar-refractivity contribution in [2.45, 2.75) is 40.0 Å². The molecule has 2 aromatic rings. The van der Waals surface area contributed by atoms with Crippen molar-refractivity contribution in [3.05, 3.63) is 47.0 Å². The van der Waals surface area contributed by atoms with Crippen LogP contribution in [0, 0.1) is 0 Å². The van der Waals surface area contributed by atoms with Gasteiger partial charge in [-0.25, -0.2) is 0 Å². The summed E-state index contributed by atoms with van der Waals surface area (Å²) in [6.07, 6.45) is 2.73. The molecule has 2 rings (SSSR count). The molecule has 0 unspecified atom stereocenters. The van der Waals surface area contributed by atoms with Gasteiger partial charge in [0, 0.05) is 0 Å². The van der Waals surface area contributed by atoms with E-state index in [-0.39, 0.29) is 11.5 Å². The lowest BCUT2D eigenvalue weighted by Gasteiger charge is -2.17. The van der Waals surface area contributed by atoms with Gasteiger partial charge in [0.1, 0.15) is 0 Å². The molecule has 0 saturated carbocycles. The van der Waals surface area contributed by atoms with Crippen LogP contribution in [0.15, 0.2) is 30.3 Å². The molecule has 2 nitrogen and oxygen atoms in total. The first-order chi connectivity index (χ1) is 9.62. The van der Waals surface area contributed by atoms with E-state index in [0.29, 0.717) is 0 Å². The van der Waals surface area contributed by atoms with E-state index in [1.807, 2.05) is 0 Å². The number of phenols is 2.